The van der Waals surface area contributed by atoms with E-state index in [4.69, 9.17) is 11.6 Å². The third-order valence-electron chi connectivity index (χ3n) is 3.71. The van der Waals surface area contributed by atoms with Crippen LogP contribution in [0.2, 0.25) is 5.02 Å². The second kappa shape index (κ2) is 3.60. The first kappa shape index (κ1) is 10.4. The van der Waals surface area contributed by atoms with Crippen molar-refractivity contribution in [3.63, 3.8) is 0 Å². The molecule has 2 aliphatic rings. The van der Waals surface area contributed by atoms with Crippen molar-refractivity contribution in [1.82, 2.24) is 5.32 Å². The molecule has 0 amide bonds. The number of hydrogen-bond donors (Lipinski definition) is 2. The highest BCUT2D eigenvalue weighted by atomic mass is 35.5. The van der Waals surface area contributed by atoms with Gasteiger partial charge in [-0.3, -0.25) is 0 Å². The van der Waals surface area contributed by atoms with Gasteiger partial charge in [0.1, 0.15) is 5.82 Å². The zero-order valence-corrected chi connectivity index (χ0v) is 9.87. The van der Waals surface area contributed by atoms with Gasteiger partial charge in [-0.05, 0) is 37.1 Å². The quantitative estimate of drug-likeness (QED) is 0.729. The van der Waals surface area contributed by atoms with Gasteiger partial charge in [-0.2, -0.15) is 0 Å². The van der Waals surface area contributed by atoms with Crippen molar-refractivity contribution < 1.29 is 4.39 Å². The van der Waals surface area contributed by atoms with Crippen LogP contribution in [-0.4, -0.2) is 19.1 Å². The number of halogens is 2. The molecule has 0 bridgehead atoms. The average molecular weight is 241 g/mol. The third kappa shape index (κ3) is 1.35. The van der Waals surface area contributed by atoms with Crippen molar-refractivity contribution in [2.45, 2.75) is 25.3 Å². The van der Waals surface area contributed by atoms with Gasteiger partial charge in [0.25, 0.3) is 0 Å². The van der Waals surface area contributed by atoms with E-state index in [1.807, 2.05) is 6.92 Å². The molecule has 4 heteroatoms. The van der Waals surface area contributed by atoms with E-state index >= 15 is 0 Å². The summed E-state index contributed by atoms with van der Waals surface area (Å²) >= 11 is 6.09. The molecule has 1 aromatic carbocycles. The minimum absolute atomic E-state index is 0.197. The first-order valence-electron chi connectivity index (χ1n) is 5.64. The molecule has 86 valence electrons. The van der Waals surface area contributed by atoms with Crippen molar-refractivity contribution in [3.8, 4) is 0 Å². The van der Waals surface area contributed by atoms with Gasteiger partial charge in [-0.1, -0.05) is 11.6 Å². The maximum absolute atomic E-state index is 13.7. The van der Waals surface area contributed by atoms with Crippen LogP contribution in [0.15, 0.2) is 6.07 Å². The molecule has 2 N–H and O–H groups in total. The van der Waals surface area contributed by atoms with Crippen molar-refractivity contribution >= 4 is 17.3 Å². The number of anilines is 1. The molecule has 3 rings (SSSR count). The van der Waals surface area contributed by atoms with Gasteiger partial charge in [0, 0.05) is 18.5 Å². The largest absolute Gasteiger partial charge is 0.380 e. The second-order valence-electron chi connectivity index (χ2n) is 4.60. The van der Waals surface area contributed by atoms with E-state index in [-0.39, 0.29) is 5.82 Å². The highest BCUT2D eigenvalue weighted by Crippen LogP contribution is 2.44. The average Bonchev–Trinajstić information content (AvgIpc) is 2.66. The lowest BCUT2D eigenvalue weighted by molar-refractivity contribution is 0.438. The van der Waals surface area contributed by atoms with Crippen molar-refractivity contribution in [2.75, 3.05) is 18.4 Å². The maximum atomic E-state index is 13.7. The van der Waals surface area contributed by atoms with Gasteiger partial charge >= 0.3 is 0 Å². The summed E-state index contributed by atoms with van der Waals surface area (Å²) in [5.74, 6) is 0.161. The molecule has 0 aromatic heterocycles. The summed E-state index contributed by atoms with van der Waals surface area (Å²) in [5.41, 5.74) is 2.75. The highest BCUT2D eigenvalue weighted by Gasteiger charge is 2.37. The molecule has 2 heterocycles. The third-order valence-corrected chi connectivity index (χ3v) is 4.00. The Kier molecular flexibility index (Phi) is 2.33. The van der Waals surface area contributed by atoms with E-state index in [0.717, 1.165) is 36.3 Å². The number of piperidine rings is 1. The van der Waals surface area contributed by atoms with E-state index in [0.29, 0.717) is 17.0 Å². The monoisotopic (exact) mass is 240 g/mol. The lowest BCUT2D eigenvalue weighted by Crippen LogP contribution is -2.38. The van der Waals surface area contributed by atoms with E-state index in [1.165, 1.54) is 6.07 Å². The molecule has 16 heavy (non-hydrogen) atoms. The Balaban J connectivity index is 2.15. The lowest BCUT2D eigenvalue weighted by Gasteiger charge is -2.26. The SMILES string of the molecule is Cc1c(F)cc(Cl)c2c1C1CNCCC1N2. The van der Waals surface area contributed by atoms with Gasteiger partial charge in [0.15, 0.2) is 0 Å². The second-order valence-corrected chi connectivity index (χ2v) is 5.01. The molecule has 2 aliphatic heterocycles. The predicted molar refractivity (Wildman–Crippen MR) is 63.8 cm³/mol. The summed E-state index contributed by atoms with van der Waals surface area (Å²) in [4.78, 5) is 0. The molecular weight excluding hydrogens is 227 g/mol. The maximum Gasteiger partial charge on any atom is 0.128 e. The summed E-state index contributed by atoms with van der Waals surface area (Å²) in [7, 11) is 0. The first-order chi connectivity index (χ1) is 7.68. The van der Waals surface area contributed by atoms with E-state index in [9.17, 15) is 4.39 Å². The molecule has 1 aromatic rings. The molecule has 2 atom stereocenters. The van der Waals surface area contributed by atoms with Gasteiger partial charge in [-0.25, -0.2) is 4.39 Å². The highest BCUT2D eigenvalue weighted by molar-refractivity contribution is 6.33. The minimum Gasteiger partial charge on any atom is -0.380 e. The van der Waals surface area contributed by atoms with Crippen LogP contribution in [0.4, 0.5) is 10.1 Å². The first-order valence-corrected chi connectivity index (χ1v) is 6.02. The topological polar surface area (TPSA) is 24.1 Å². The molecule has 0 spiro atoms. The fourth-order valence-corrected chi connectivity index (χ4v) is 3.12. The fourth-order valence-electron chi connectivity index (χ4n) is 2.87. The number of benzene rings is 1. The van der Waals surface area contributed by atoms with Crippen LogP contribution >= 0.6 is 11.6 Å². The lowest BCUT2D eigenvalue weighted by atomic mass is 9.88. The summed E-state index contributed by atoms with van der Waals surface area (Å²) in [6, 6.07) is 1.82. The molecule has 1 saturated heterocycles. The van der Waals surface area contributed by atoms with Crippen molar-refractivity contribution in [2.24, 2.45) is 0 Å². The van der Waals surface area contributed by atoms with E-state index in [1.54, 1.807) is 0 Å². The summed E-state index contributed by atoms with van der Waals surface area (Å²) in [6.45, 7) is 3.76. The zero-order valence-electron chi connectivity index (χ0n) is 9.11. The fraction of sp³-hybridized carbons (Fsp3) is 0.500. The molecule has 0 saturated carbocycles. The molecule has 1 fully saturated rings. The van der Waals surface area contributed by atoms with Crippen molar-refractivity contribution in [3.05, 3.63) is 28.0 Å². The Bertz CT molecular complexity index is 447. The summed E-state index contributed by atoms with van der Waals surface area (Å²) < 4.78 is 13.7. The van der Waals surface area contributed by atoms with Gasteiger partial charge in [0.05, 0.1) is 10.7 Å². The number of fused-ring (bicyclic) bond motifs is 3. The van der Waals surface area contributed by atoms with Gasteiger partial charge < -0.3 is 10.6 Å². The van der Waals surface area contributed by atoms with Crippen molar-refractivity contribution in [1.29, 1.82) is 0 Å². The Hall–Kier alpha value is -0.800. The zero-order chi connectivity index (χ0) is 11.3. The van der Waals surface area contributed by atoms with Crippen LogP contribution in [-0.2, 0) is 0 Å². The Morgan fingerprint density at radius 2 is 2.31 bits per heavy atom. The number of nitrogens with one attached hydrogen (secondary N) is 2. The molecule has 2 nitrogen and oxygen atoms in total. The van der Waals surface area contributed by atoms with Crippen LogP contribution < -0.4 is 10.6 Å². The van der Waals surface area contributed by atoms with E-state index < -0.39 is 0 Å². The van der Waals surface area contributed by atoms with Crippen LogP contribution in [0.3, 0.4) is 0 Å². The van der Waals surface area contributed by atoms with Crippen LogP contribution in [0, 0.1) is 12.7 Å². The predicted octanol–water partition coefficient (Wildman–Crippen LogP) is 2.66. The van der Waals surface area contributed by atoms with E-state index in [2.05, 4.69) is 10.6 Å². The van der Waals surface area contributed by atoms with Gasteiger partial charge in [0.2, 0.25) is 0 Å². The van der Waals surface area contributed by atoms with Gasteiger partial charge in [-0.15, -0.1) is 0 Å². The van der Waals surface area contributed by atoms with Crippen LogP contribution in [0.5, 0.6) is 0 Å². The Morgan fingerprint density at radius 3 is 3.12 bits per heavy atom. The molecule has 0 radical (unpaired) electrons. The Labute approximate surface area is 99.2 Å². The van der Waals surface area contributed by atoms with Crippen LogP contribution in [0.25, 0.3) is 0 Å². The number of rotatable bonds is 0. The summed E-state index contributed by atoms with van der Waals surface area (Å²) in [5, 5.41) is 7.30. The Morgan fingerprint density at radius 1 is 1.50 bits per heavy atom. The minimum atomic E-state index is -0.197. The van der Waals surface area contributed by atoms with Crippen LogP contribution in [0.1, 0.15) is 23.5 Å². The normalized spacial score (nSPS) is 27.2. The molecular formula is C12H14ClFN2. The summed E-state index contributed by atoms with van der Waals surface area (Å²) in [6.07, 6.45) is 1.07. The number of hydrogen-bond acceptors (Lipinski definition) is 2. The molecule has 2 unspecified atom stereocenters. The molecule has 0 aliphatic carbocycles. The standard InChI is InChI=1S/C12H14ClFN2/c1-6-9(14)4-8(13)12-11(6)7-5-15-3-2-10(7)16-12/h4,7,10,15-16H,2-3,5H2,1H3. The smallest absolute Gasteiger partial charge is 0.128 e.